The molecule has 0 radical (unpaired) electrons. The molecule has 7 nitrogen and oxygen atoms in total. The Morgan fingerprint density at radius 2 is 2.17 bits per heavy atom. The van der Waals surface area contributed by atoms with Crippen molar-refractivity contribution in [1.82, 2.24) is 19.7 Å². The van der Waals surface area contributed by atoms with Crippen LogP contribution in [0.15, 0.2) is 45.3 Å². The predicted octanol–water partition coefficient (Wildman–Crippen LogP) is 5.20. The number of hydrogen-bond acceptors (Lipinski definition) is 8. The fraction of sp³-hybridized carbons (Fsp3) is 0.300. The molecule has 1 aromatic carbocycles. The fourth-order valence-corrected chi connectivity index (χ4v) is 4.61. The van der Waals surface area contributed by atoms with Gasteiger partial charge in [-0.25, -0.2) is 9.78 Å². The van der Waals surface area contributed by atoms with E-state index >= 15 is 0 Å². The van der Waals surface area contributed by atoms with Crippen molar-refractivity contribution in [2.24, 2.45) is 0 Å². The summed E-state index contributed by atoms with van der Waals surface area (Å²) in [6.45, 7) is 6.97. The highest BCUT2D eigenvalue weighted by molar-refractivity contribution is 7.99. The molecule has 0 amide bonds. The van der Waals surface area contributed by atoms with Gasteiger partial charge < -0.3 is 13.7 Å². The number of ether oxygens (including phenoxy) is 1. The highest BCUT2D eigenvalue weighted by Crippen LogP contribution is 2.36. The highest BCUT2D eigenvalue weighted by Gasteiger charge is 2.21. The van der Waals surface area contributed by atoms with E-state index in [0.717, 1.165) is 27.6 Å². The normalized spacial score (nSPS) is 12.4. The van der Waals surface area contributed by atoms with E-state index in [0.29, 0.717) is 24.0 Å². The van der Waals surface area contributed by atoms with E-state index in [2.05, 4.69) is 21.7 Å². The van der Waals surface area contributed by atoms with Gasteiger partial charge in [0.15, 0.2) is 5.16 Å². The van der Waals surface area contributed by atoms with Crippen LogP contribution < -0.4 is 0 Å². The average Bonchev–Trinajstić information content (AvgIpc) is 3.46. The van der Waals surface area contributed by atoms with Gasteiger partial charge in [-0.15, -0.1) is 21.5 Å². The summed E-state index contributed by atoms with van der Waals surface area (Å²) >= 11 is 3.12. The minimum Gasteiger partial charge on any atom is -0.462 e. The smallest absolute Gasteiger partial charge is 0.338 e. The lowest BCUT2D eigenvalue weighted by molar-refractivity contribution is 0.0526. The summed E-state index contributed by atoms with van der Waals surface area (Å²) in [5, 5.41) is 11.1. The number of imidazole rings is 1. The van der Waals surface area contributed by atoms with E-state index < -0.39 is 0 Å². The monoisotopic (exact) mass is 428 g/mol. The van der Waals surface area contributed by atoms with Crippen molar-refractivity contribution in [2.45, 2.75) is 37.7 Å². The summed E-state index contributed by atoms with van der Waals surface area (Å²) < 4.78 is 13.1. The molecule has 150 valence electrons. The van der Waals surface area contributed by atoms with Crippen LogP contribution >= 0.6 is 23.1 Å². The first kappa shape index (κ1) is 19.7. The number of benzene rings is 1. The van der Waals surface area contributed by atoms with Crippen LogP contribution in [0.4, 0.5) is 0 Å². The second kappa shape index (κ2) is 8.38. The van der Waals surface area contributed by atoms with Crippen LogP contribution in [0.2, 0.25) is 0 Å². The van der Waals surface area contributed by atoms with Gasteiger partial charge in [0.1, 0.15) is 0 Å². The second-order valence-electron chi connectivity index (χ2n) is 6.25. The van der Waals surface area contributed by atoms with Crippen LogP contribution in [-0.2, 0) is 11.3 Å². The number of thiophene rings is 1. The van der Waals surface area contributed by atoms with Crippen LogP contribution in [-0.4, -0.2) is 32.3 Å². The molecule has 4 aromatic rings. The van der Waals surface area contributed by atoms with E-state index in [4.69, 9.17) is 14.1 Å². The van der Waals surface area contributed by atoms with Crippen LogP contribution in [0, 0.1) is 0 Å². The molecule has 4 rings (SSSR count). The summed E-state index contributed by atoms with van der Waals surface area (Å²) in [4.78, 5) is 17.7. The summed E-state index contributed by atoms with van der Waals surface area (Å²) in [6.07, 6.45) is 0. The number of rotatable bonds is 7. The fourth-order valence-electron chi connectivity index (χ4n) is 2.95. The molecule has 0 fully saturated rings. The average molecular weight is 429 g/mol. The van der Waals surface area contributed by atoms with Gasteiger partial charge in [-0.1, -0.05) is 17.8 Å². The summed E-state index contributed by atoms with van der Waals surface area (Å²) in [5.41, 5.74) is 2.24. The van der Waals surface area contributed by atoms with Crippen LogP contribution in [0.3, 0.4) is 0 Å². The van der Waals surface area contributed by atoms with Gasteiger partial charge in [-0.05, 0) is 50.4 Å². The number of carbonyl (C=O) groups excluding carboxylic acids is 1. The molecule has 3 heterocycles. The molecule has 0 bridgehead atoms. The van der Waals surface area contributed by atoms with Crippen molar-refractivity contribution in [2.75, 3.05) is 6.61 Å². The number of nitrogens with zero attached hydrogens (tertiary/aromatic N) is 4. The van der Waals surface area contributed by atoms with E-state index in [1.54, 1.807) is 42.2 Å². The van der Waals surface area contributed by atoms with E-state index in [-0.39, 0.29) is 11.2 Å². The van der Waals surface area contributed by atoms with Crippen molar-refractivity contribution < 1.29 is 13.9 Å². The topological polar surface area (TPSA) is 83.0 Å². The van der Waals surface area contributed by atoms with E-state index in [1.807, 2.05) is 30.5 Å². The largest absolute Gasteiger partial charge is 0.462 e. The zero-order valence-corrected chi connectivity index (χ0v) is 17.9. The van der Waals surface area contributed by atoms with E-state index in [9.17, 15) is 4.79 Å². The van der Waals surface area contributed by atoms with Gasteiger partial charge >= 0.3 is 5.97 Å². The number of hydrogen-bond donors (Lipinski definition) is 0. The highest BCUT2D eigenvalue weighted by atomic mass is 32.2. The Morgan fingerprint density at radius 3 is 2.90 bits per heavy atom. The number of carbonyl (C=O) groups is 1. The zero-order chi connectivity index (χ0) is 20.4. The lowest BCUT2D eigenvalue weighted by atomic mass is 10.2. The summed E-state index contributed by atoms with van der Waals surface area (Å²) in [7, 11) is 0. The maximum atomic E-state index is 12.0. The Morgan fingerprint density at radius 1 is 1.31 bits per heavy atom. The molecular formula is C20H20N4O3S2. The Kier molecular flexibility index (Phi) is 5.68. The number of aromatic nitrogens is 4. The molecule has 1 atom stereocenters. The minimum absolute atomic E-state index is 0.0668. The molecule has 0 aliphatic heterocycles. The quantitative estimate of drug-likeness (QED) is 0.295. The Balaban J connectivity index is 1.60. The third-order valence-electron chi connectivity index (χ3n) is 4.34. The van der Waals surface area contributed by atoms with Gasteiger partial charge in [0, 0.05) is 6.54 Å². The van der Waals surface area contributed by atoms with Crippen molar-refractivity contribution in [3.05, 3.63) is 47.2 Å². The van der Waals surface area contributed by atoms with Gasteiger partial charge in [0.25, 0.3) is 5.89 Å². The number of fused-ring (bicyclic) bond motifs is 1. The third-order valence-corrected chi connectivity index (χ3v) is 6.28. The summed E-state index contributed by atoms with van der Waals surface area (Å²) in [5.74, 6) is 0.751. The minimum atomic E-state index is -0.338. The van der Waals surface area contributed by atoms with Crippen molar-refractivity contribution in [3.63, 3.8) is 0 Å². The first-order valence-electron chi connectivity index (χ1n) is 9.32. The molecule has 0 saturated carbocycles. The standard InChI is InChI=1S/C20H20N4O3S2/c1-4-24-15-9-8-13(19(25)26-5-2)11-14(15)21-20(24)29-12(3)17-22-23-18(27-17)16-7-6-10-28-16/h6-12H,4-5H2,1-3H3. The van der Waals surface area contributed by atoms with Gasteiger partial charge in [-0.2, -0.15) is 0 Å². The van der Waals surface area contributed by atoms with Gasteiger partial charge in [0.05, 0.1) is 33.3 Å². The molecule has 9 heteroatoms. The summed E-state index contributed by atoms with van der Waals surface area (Å²) in [6, 6.07) is 9.37. The van der Waals surface area contributed by atoms with E-state index in [1.165, 1.54) is 0 Å². The molecule has 0 saturated heterocycles. The SMILES string of the molecule is CCOC(=O)c1ccc2c(c1)nc(SC(C)c1nnc(-c3cccs3)o1)n2CC. The Bertz CT molecular complexity index is 1130. The van der Waals surface area contributed by atoms with Gasteiger partial charge in [-0.3, -0.25) is 0 Å². The lowest BCUT2D eigenvalue weighted by Gasteiger charge is -2.08. The second-order valence-corrected chi connectivity index (χ2v) is 8.50. The van der Waals surface area contributed by atoms with Crippen LogP contribution in [0.5, 0.6) is 0 Å². The van der Waals surface area contributed by atoms with Crippen LogP contribution in [0.25, 0.3) is 21.8 Å². The first-order valence-corrected chi connectivity index (χ1v) is 11.1. The molecule has 0 aliphatic rings. The predicted molar refractivity (Wildman–Crippen MR) is 113 cm³/mol. The Hall–Kier alpha value is -2.65. The zero-order valence-electron chi connectivity index (χ0n) is 16.3. The van der Waals surface area contributed by atoms with Gasteiger partial charge in [0.2, 0.25) is 5.89 Å². The van der Waals surface area contributed by atoms with Crippen LogP contribution in [0.1, 0.15) is 42.3 Å². The molecule has 0 aliphatic carbocycles. The number of aryl methyl sites for hydroxylation is 1. The molecule has 0 spiro atoms. The van der Waals surface area contributed by atoms with Crippen molar-refractivity contribution >= 4 is 40.1 Å². The molecule has 1 unspecified atom stereocenters. The third kappa shape index (κ3) is 3.92. The van der Waals surface area contributed by atoms with Crippen molar-refractivity contribution in [1.29, 1.82) is 0 Å². The molecular weight excluding hydrogens is 408 g/mol. The molecule has 0 N–H and O–H groups in total. The maximum absolute atomic E-state index is 12.0. The number of esters is 1. The Labute approximate surface area is 176 Å². The van der Waals surface area contributed by atoms with Crippen molar-refractivity contribution in [3.8, 4) is 10.8 Å². The lowest BCUT2D eigenvalue weighted by Crippen LogP contribution is -2.04. The first-order chi connectivity index (χ1) is 14.1. The molecule has 29 heavy (non-hydrogen) atoms. The number of thioether (sulfide) groups is 1. The molecule has 3 aromatic heterocycles. The maximum Gasteiger partial charge on any atom is 0.338 e.